The summed E-state index contributed by atoms with van der Waals surface area (Å²) in [4.78, 5) is 13.8. The Balaban J connectivity index is 1.40. The van der Waals surface area contributed by atoms with Crippen LogP contribution in [0.1, 0.15) is 63.4 Å². The lowest BCUT2D eigenvalue weighted by atomic mass is 9.65. The minimum Gasteiger partial charge on any atom is -0.353 e. The van der Waals surface area contributed by atoms with Crippen LogP contribution < -0.4 is 11.1 Å². The van der Waals surface area contributed by atoms with E-state index >= 15 is 0 Å². The standard InChI is InChI=1S/C24H33ClN2O/c25-11-10-22-12-19-13-24(22,16-23(19,15-22)18-4-2-1-3-5-18)21(28)27-20-8-6-17(14-26)7-9-20/h1-5,17,19-20H,6-16,26H2,(H,27,28)/t17-,19?,20+,22-,23+,24?/m1/s1. The van der Waals surface area contributed by atoms with Crippen LogP contribution in [0.5, 0.6) is 0 Å². The van der Waals surface area contributed by atoms with E-state index in [0.29, 0.717) is 29.7 Å². The molecule has 152 valence electrons. The van der Waals surface area contributed by atoms with Crippen molar-refractivity contribution in [3.8, 4) is 0 Å². The summed E-state index contributed by atoms with van der Waals surface area (Å²) in [7, 11) is 0. The third-order valence-corrected chi connectivity index (χ3v) is 9.36. The van der Waals surface area contributed by atoms with Crippen LogP contribution in [0.15, 0.2) is 30.3 Å². The van der Waals surface area contributed by atoms with Crippen LogP contribution in [0.2, 0.25) is 0 Å². The van der Waals surface area contributed by atoms with Gasteiger partial charge in [-0.25, -0.2) is 0 Å². The molecule has 6 rings (SSSR count). The maximum Gasteiger partial charge on any atom is 0.227 e. The highest BCUT2D eigenvalue weighted by atomic mass is 35.5. The Morgan fingerprint density at radius 2 is 1.86 bits per heavy atom. The molecule has 0 aliphatic heterocycles. The lowest BCUT2D eigenvalue weighted by Crippen LogP contribution is -2.50. The number of halogens is 1. The number of hydrogen-bond acceptors (Lipinski definition) is 2. The summed E-state index contributed by atoms with van der Waals surface area (Å²) in [6.45, 7) is 0.782. The number of hydrogen-bond donors (Lipinski definition) is 2. The molecule has 4 atom stereocenters. The molecule has 1 aromatic carbocycles. The number of amides is 1. The SMILES string of the molecule is NC[C@H]1CC[C@@H](NC(=O)C23CC4C[C@]2(CCCl)C[C@@]4(c2ccccc2)C3)CC1. The molecule has 28 heavy (non-hydrogen) atoms. The van der Waals surface area contributed by atoms with E-state index in [1.54, 1.807) is 0 Å². The van der Waals surface area contributed by atoms with E-state index in [2.05, 4.69) is 35.6 Å². The summed E-state index contributed by atoms with van der Waals surface area (Å²) in [6, 6.07) is 11.3. The Morgan fingerprint density at radius 1 is 1.11 bits per heavy atom. The van der Waals surface area contributed by atoms with Gasteiger partial charge in [0.15, 0.2) is 0 Å². The molecule has 2 unspecified atom stereocenters. The van der Waals surface area contributed by atoms with Gasteiger partial charge in [-0.05, 0) is 92.6 Å². The van der Waals surface area contributed by atoms with Gasteiger partial charge in [0.25, 0.3) is 0 Å². The molecule has 1 aromatic rings. The number of carbonyl (C=O) groups is 1. The first-order valence-corrected chi connectivity index (χ1v) is 11.7. The fourth-order valence-corrected chi connectivity index (χ4v) is 8.22. The highest BCUT2D eigenvalue weighted by molar-refractivity contribution is 6.17. The Hall–Kier alpha value is -1.06. The largest absolute Gasteiger partial charge is 0.353 e. The van der Waals surface area contributed by atoms with E-state index in [9.17, 15) is 4.79 Å². The summed E-state index contributed by atoms with van der Waals surface area (Å²) >= 11 is 6.29. The molecule has 5 saturated carbocycles. The molecule has 0 aromatic heterocycles. The van der Waals surface area contributed by atoms with Gasteiger partial charge in [-0.15, -0.1) is 11.6 Å². The van der Waals surface area contributed by atoms with E-state index in [-0.39, 0.29) is 16.2 Å². The highest BCUT2D eigenvalue weighted by Gasteiger charge is 2.79. The zero-order valence-electron chi connectivity index (χ0n) is 16.8. The van der Waals surface area contributed by atoms with Crippen LogP contribution in [0.4, 0.5) is 0 Å². The molecule has 4 heteroatoms. The maximum absolute atomic E-state index is 13.8. The molecule has 5 fully saturated rings. The van der Waals surface area contributed by atoms with Crippen LogP contribution in [0.25, 0.3) is 0 Å². The number of alkyl halides is 1. The first kappa shape index (κ1) is 18.9. The van der Waals surface area contributed by atoms with Gasteiger partial charge in [-0.3, -0.25) is 4.79 Å². The second kappa shape index (κ2) is 6.74. The predicted molar refractivity (Wildman–Crippen MR) is 113 cm³/mol. The molecular formula is C24H33ClN2O. The molecule has 4 bridgehead atoms. The predicted octanol–water partition coefficient (Wildman–Crippen LogP) is 4.38. The lowest BCUT2D eigenvalue weighted by Gasteiger charge is -2.41. The Kier molecular flexibility index (Phi) is 4.56. The zero-order chi connectivity index (χ0) is 19.4. The highest BCUT2D eigenvalue weighted by Crippen LogP contribution is 2.82. The van der Waals surface area contributed by atoms with Crippen molar-refractivity contribution in [1.29, 1.82) is 0 Å². The maximum atomic E-state index is 13.8. The average Bonchev–Trinajstić information content (AvgIpc) is 3.39. The average molecular weight is 401 g/mol. The summed E-state index contributed by atoms with van der Waals surface area (Å²) in [5.74, 6) is 2.28. The number of nitrogens with two attached hydrogens (primary N) is 1. The van der Waals surface area contributed by atoms with E-state index < -0.39 is 0 Å². The molecule has 0 radical (unpaired) electrons. The Morgan fingerprint density at radius 3 is 2.54 bits per heavy atom. The van der Waals surface area contributed by atoms with Crippen molar-refractivity contribution in [2.75, 3.05) is 12.4 Å². The van der Waals surface area contributed by atoms with Crippen molar-refractivity contribution in [2.45, 2.75) is 69.2 Å². The number of rotatable bonds is 6. The lowest BCUT2D eigenvalue weighted by molar-refractivity contribution is -0.137. The van der Waals surface area contributed by atoms with Crippen molar-refractivity contribution in [3.05, 3.63) is 35.9 Å². The topological polar surface area (TPSA) is 55.1 Å². The zero-order valence-corrected chi connectivity index (χ0v) is 17.5. The molecule has 1 amide bonds. The Labute approximate surface area is 173 Å². The number of carbonyl (C=O) groups excluding carboxylic acids is 1. The third kappa shape index (κ3) is 2.48. The van der Waals surface area contributed by atoms with Crippen molar-refractivity contribution in [2.24, 2.45) is 28.4 Å². The van der Waals surface area contributed by atoms with Crippen LogP contribution in [-0.4, -0.2) is 24.4 Å². The summed E-state index contributed by atoms with van der Waals surface area (Å²) < 4.78 is 0. The second-order valence-corrected chi connectivity index (χ2v) is 10.6. The molecule has 0 saturated heterocycles. The van der Waals surface area contributed by atoms with Crippen molar-refractivity contribution in [3.63, 3.8) is 0 Å². The Bertz CT molecular complexity index is 746. The van der Waals surface area contributed by atoms with Crippen molar-refractivity contribution >= 4 is 17.5 Å². The van der Waals surface area contributed by atoms with E-state index in [1.165, 1.54) is 12.0 Å². The fourth-order valence-electron chi connectivity index (χ4n) is 7.86. The van der Waals surface area contributed by atoms with Crippen LogP contribution in [-0.2, 0) is 10.2 Å². The van der Waals surface area contributed by atoms with E-state index in [4.69, 9.17) is 17.3 Å². The molecule has 3 nitrogen and oxygen atoms in total. The smallest absolute Gasteiger partial charge is 0.227 e. The molecule has 5 aliphatic rings. The quantitative estimate of drug-likeness (QED) is 0.696. The minimum atomic E-state index is -0.201. The van der Waals surface area contributed by atoms with E-state index in [0.717, 1.165) is 57.9 Å². The second-order valence-electron chi connectivity index (χ2n) is 10.2. The minimum absolute atomic E-state index is 0.105. The first-order chi connectivity index (χ1) is 13.6. The van der Waals surface area contributed by atoms with Gasteiger partial charge in [0.1, 0.15) is 0 Å². The van der Waals surface area contributed by atoms with Gasteiger partial charge in [-0.2, -0.15) is 0 Å². The van der Waals surface area contributed by atoms with Gasteiger partial charge in [0.2, 0.25) is 5.91 Å². The molecule has 3 N–H and O–H groups in total. The number of nitrogens with one attached hydrogen (secondary N) is 1. The monoisotopic (exact) mass is 400 g/mol. The van der Waals surface area contributed by atoms with Crippen LogP contribution in [0, 0.1) is 22.7 Å². The molecule has 5 aliphatic carbocycles. The van der Waals surface area contributed by atoms with Crippen LogP contribution in [0.3, 0.4) is 0 Å². The van der Waals surface area contributed by atoms with Crippen molar-refractivity contribution < 1.29 is 4.79 Å². The number of benzene rings is 1. The van der Waals surface area contributed by atoms with Gasteiger partial charge in [0.05, 0.1) is 5.41 Å². The van der Waals surface area contributed by atoms with Crippen molar-refractivity contribution in [1.82, 2.24) is 5.32 Å². The summed E-state index contributed by atoms with van der Waals surface area (Å²) in [6.07, 6.45) is 9.86. The van der Waals surface area contributed by atoms with Crippen LogP contribution >= 0.6 is 11.6 Å². The molecule has 0 heterocycles. The van der Waals surface area contributed by atoms with Gasteiger partial charge >= 0.3 is 0 Å². The molecule has 0 spiro atoms. The third-order valence-electron chi connectivity index (χ3n) is 9.17. The first-order valence-electron chi connectivity index (χ1n) is 11.2. The fraction of sp³-hybridized carbons (Fsp3) is 0.708. The van der Waals surface area contributed by atoms with Gasteiger partial charge < -0.3 is 11.1 Å². The summed E-state index contributed by atoms with van der Waals surface area (Å²) in [5, 5.41) is 3.51. The van der Waals surface area contributed by atoms with Gasteiger partial charge in [0, 0.05) is 11.9 Å². The van der Waals surface area contributed by atoms with Gasteiger partial charge in [-0.1, -0.05) is 30.3 Å². The van der Waals surface area contributed by atoms with E-state index in [1.807, 2.05) is 0 Å². The molecular weight excluding hydrogens is 368 g/mol. The summed E-state index contributed by atoms with van der Waals surface area (Å²) in [5.41, 5.74) is 7.39. The normalized spacial score (nSPS) is 43.6.